The summed E-state index contributed by atoms with van der Waals surface area (Å²) in [5.74, 6) is 5.79. The smallest absolute Gasteiger partial charge is 0.330 e. The topological polar surface area (TPSA) is 84.3 Å². The monoisotopic (exact) mass is 394 g/mol. The molecule has 0 amide bonds. The maximum absolute atomic E-state index is 13.8. The van der Waals surface area contributed by atoms with E-state index in [0.29, 0.717) is 6.42 Å². The van der Waals surface area contributed by atoms with Crippen LogP contribution in [0.2, 0.25) is 0 Å². The van der Waals surface area contributed by atoms with E-state index in [1.807, 2.05) is 0 Å². The second-order valence-corrected chi connectivity index (χ2v) is 7.30. The van der Waals surface area contributed by atoms with Crippen LogP contribution in [0.3, 0.4) is 0 Å². The molecule has 7 heteroatoms. The van der Waals surface area contributed by atoms with Crippen molar-refractivity contribution >= 4 is 0 Å². The number of nitrogens with zero attached hydrogens (tertiary/aromatic N) is 1. The molecule has 2 heterocycles. The van der Waals surface area contributed by atoms with Gasteiger partial charge in [0, 0.05) is 19.0 Å². The van der Waals surface area contributed by atoms with Crippen molar-refractivity contribution in [1.82, 2.24) is 9.55 Å². The average Bonchev–Trinajstić information content (AvgIpc) is 3.05. The number of aliphatic hydroxyl groups excluding tert-OH is 1. The Morgan fingerprint density at radius 3 is 2.54 bits per heavy atom. The highest BCUT2D eigenvalue weighted by Crippen LogP contribution is 2.29. The highest BCUT2D eigenvalue weighted by Gasteiger charge is 2.36. The fourth-order valence-electron chi connectivity index (χ4n) is 3.32. The van der Waals surface area contributed by atoms with E-state index in [4.69, 9.17) is 9.84 Å². The SMILES string of the molecule is CCCCCCCCCCC#Cc1cn([C@H]2C[C@H](F)[C@@H](CO)O2)c(=O)[nH]c1=O. The number of halogens is 1. The predicted octanol–water partition coefficient (Wildman–Crippen LogP) is 3.04. The Hall–Kier alpha value is -1.91. The Bertz CT molecular complexity index is 777. The lowest BCUT2D eigenvalue weighted by molar-refractivity contribution is -0.0356. The zero-order valence-electron chi connectivity index (χ0n) is 16.6. The van der Waals surface area contributed by atoms with Crippen LogP contribution in [0.25, 0.3) is 0 Å². The third kappa shape index (κ3) is 6.61. The van der Waals surface area contributed by atoms with Gasteiger partial charge in [-0.3, -0.25) is 14.3 Å². The molecule has 0 unspecified atom stereocenters. The molecule has 0 radical (unpaired) electrons. The van der Waals surface area contributed by atoms with Gasteiger partial charge in [0.25, 0.3) is 5.56 Å². The van der Waals surface area contributed by atoms with Gasteiger partial charge in [0.1, 0.15) is 24.1 Å². The van der Waals surface area contributed by atoms with Crippen LogP contribution in [-0.2, 0) is 4.74 Å². The summed E-state index contributed by atoms with van der Waals surface area (Å²) in [4.78, 5) is 26.2. The molecule has 1 aromatic rings. The normalized spacial score (nSPS) is 21.5. The lowest BCUT2D eigenvalue weighted by Crippen LogP contribution is -2.33. The Kier molecular flexibility index (Phi) is 9.45. The molecule has 1 aliphatic heterocycles. The van der Waals surface area contributed by atoms with Gasteiger partial charge >= 0.3 is 5.69 Å². The number of H-pyrrole nitrogens is 1. The van der Waals surface area contributed by atoms with Crippen molar-refractivity contribution in [3.63, 3.8) is 0 Å². The highest BCUT2D eigenvalue weighted by atomic mass is 19.1. The molecule has 1 aromatic heterocycles. The summed E-state index contributed by atoms with van der Waals surface area (Å²) in [6.07, 6.45) is 8.49. The zero-order valence-corrected chi connectivity index (χ0v) is 16.6. The fourth-order valence-corrected chi connectivity index (χ4v) is 3.32. The number of nitrogens with one attached hydrogen (secondary N) is 1. The molecule has 28 heavy (non-hydrogen) atoms. The van der Waals surface area contributed by atoms with Crippen LogP contribution in [0.1, 0.15) is 82.9 Å². The first kappa shape index (κ1) is 22.4. The van der Waals surface area contributed by atoms with Gasteiger partial charge in [-0.15, -0.1) is 0 Å². The zero-order chi connectivity index (χ0) is 20.4. The van der Waals surface area contributed by atoms with E-state index in [0.717, 1.165) is 17.4 Å². The van der Waals surface area contributed by atoms with E-state index in [-0.39, 0.29) is 12.0 Å². The maximum atomic E-state index is 13.8. The second kappa shape index (κ2) is 11.8. The molecule has 156 valence electrons. The predicted molar refractivity (Wildman–Crippen MR) is 106 cm³/mol. The molecular formula is C21H31FN2O4. The molecule has 0 bridgehead atoms. The van der Waals surface area contributed by atoms with Crippen molar-refractivity contribution < 1.29 is 14.2 Å². The van der Waals surface area contributed by atoms with Crippen LogP contribution in [0.15, 0.2) is 15.8 Å². The molecule has 1 aliphatic rings. The lowest BCUT2D eigenvalue weighted by Gasteiger charge is -2.14. The van der Waals surface area contributed by atoms with Gasteiger partial charge in [0.15, 0.2) is 0 Å². The minimum Gasteiger partial charge on any atom is -0.394 e. The van der Waals surface area contributed by atoms with Crippen molar-refractivity contribution in [2.75, 3.05) is 6.61 Å². The molecule has 2 rings (SSSR count). The third-order valence-corrected chi connectivity index (χ3v) is 5.00. The van der Waals surface area contributed by atoms with Crippen LogP contribution in [0.4, 0.5) is 4.39 Å². The van der Waals surface area contributed by atoms with Gasteiger partial charge in [0.05, 0.1) is 6.61 Å². The van der Waals surface area contributed by atoms with E-state index in [2.05, 4.69) is 23.7 Å². The standard InChI is InChI=1S/C21H31FN2O4/c1-2-3-4-5-6-7-8-9-10-11-12-16-14-24(21(27)23-20(16)26)19-13-17(22)18(15-25)28-19/h14,17-19,25H,2-10,13,15H2,1H3,(H,23,26,27)/t17-,18+,19+/m0/s1. The number of aliphatic hydroxyl groups is 1. The second-order valence-electron chi connectivity index (χ2n) is 7.30. The van der Waals surface area contributed by atoms with Gasteiger partial charge in [-0.25, -0.2) is 9.18 Å². The minimum absolute atomic E-state index is 0.0533. The summed E-state index contributed by atoms with van der Waals surface area (Å²) >= 11 is 0. The number of hydrogen-bond donors (Lipinski definition) is 2. The summed E-state index contributed by atoms with van der Waals surface area (Å²) in [5.41, 5.74) is -1.07. The quantitative estimate of drug-likeness (QED) is 0.472. The van der Waals surface area contributed by atoms with E-state index in [1.54, 1.807) is 0 Å². The summed E-state index contributed by atoms with van der Waals surface area (Å²) in [5, 5.41) is 9.10. The first-order valence-electron chi connectivity index (χ1n) is 10.3. The minimum atomic E-state index is -1.36. The van der Waals surface area contributed by atoms with Crippen LogP contribution in [0.5, 0.6) is 0 Å². The molecule has 6 nitrogen and oxygen atoms in total. The number of hydrogen-bond acceptors (Lipinski definition) is 4. The first-order chi connectivity index (χ1) is 13.6. The third-order valence-electron chi connectivity index (χ3n) is 5.00. The molecule has 0 spiro atoms. The van der Waals surface area contributed by atoms with E-state index in [9.17, 15) is 14.0 Å². The Morgan fingerprint density at radius 2 is 1.89 bits per heavy atom. The Morgan fingerprint density at radius 1 is 1.21 bits per heavy atom. The molecule has 3 atom stereocenters. The molecule has 0 aromatic carbocycles. The van der Waals surface area contributed by atoms with Gasteiger partial charge < -0.3 is 9.84 Å². The van der Waals surface area contributed by atoms with Gasteiger partial charge in [-0.05, 0) is 6.42 Å². The molecule has 2 N–H and O–H groups in total. The molecule has 1 saturated heterocycles. The van der Waals surface area contributed by atoms with Crippen molar-refractivity contribution in [1.29, 1.82) is 0 Å². The van der Waals surface area contributed by atoms with Gasteiger partial charge in [-0.2, -0.15) is 0 Å². The fraction of sp³-hybridized carbons (Fsp3) is 0.714. The van der Waals surface area contributed by atoms with Crippen LogP contribution in [0, 0.1) is 11.8 Å². The van der Waals surface area contributed by atoms with E-state index in [1.165, 1.54) is 44.7 Å². The van der Waals surface area contributed by atoms with Crippen LogP contribution < -0.4 is 11.2 Å². The van der Waals surface area contributed by atoms with Crippen molar-refractivity contribution in [3.8, 4) is 11.8 Å². The number of rotatable bonds is 10. The number of alkyl halides is 1. The number of ether oxygens (including phenoxy) is 1. The van der Waals surface area contributed by atoms with E-state index < -0.39 is 36.4 Å². The van der Waals surface area contributed by atoms with Crippen LogP contribution >= 0.6 is 0 Å². The summed E-state index contributed by atoms with van der Waals surface area (Å²) in [6, 6.07) is 0. The Labute approximate surface area is 165 Å². The highest BCUT2D eigenvalue weighted by molar-refractivity contribution is 5.29. The summed E-state index contributed by atoms with van der Waals surface area (Å²) in [6.45, 7) is 1.75. The number of aromatic nitrogens is 2. The molecular weight excluding hydrogens is 363 g/mol. The van der Waals surface area contributed by atoms with Gasteiger partial charge in [0.2, 0.25) is 0 Å². The summed E-state index contributed by atoms with van der Waals surface area (Å²) < 4.78 is 20.3. The first-order valence-corrected chi connectivity index (χ1v) is 10.3. The van der Waals surface area contributed by atoms with E-state index >= 15 is 0 Å². The largest absolute Gasteiger partial charge is 0.394 e. The number of unbranched alkanes of at least 4 members (excludes halogenated alkanes) is 8. The molecule has 0 saturated carbocycles. The van der Waals surface area contributed by atoms with Crippen molar-refractivity contribution in [3.05, 3.63) is 32.6 Å². The van der Waals surface area contributed by atoms with Crippen molar-refractivity contribution in [2.45, 2.75) is 89.6 Å². The van der Waals surface area contributed by atoms with Crippen LogP contribution in [-0.4, -0.2) is 33.5 Å². The van der Waals surface area contributed by atoms with Gasteiger partial charge in [-0.1, -0.05) is 63.7 Å². The summed E-state index contributed by atoms with van der Waals surface area (Å²) in [7, 11) is 0. The molecule has 0 aliphatic carbocycles. The number of aromatic amines is 1. The Balaban J connectivity index is 1.87. The lowest BCUT2D eigenvalue weighted by atomic mass is 10.1. The maximum Gasteiger partial charge on any atom is 0.330 e. The average molecular weight is 394 g/mol. The van der Waals surface area contributed by atoms with Crippen molar-refractivity contribution in [2.24, 2.45) is 0 Å². The molecule has 1 fully saturated rings.